The molecule has 1 saturated heterocycles. The number of nitrogens with zero attached hydrogens (tertiary/aromatic N) is 1. The summed E-state index contributed by atoms with van der Waals surface area (Å²) in [7, 11) is 0. The fourth-order valence-electron chi connectivity index (χ4n) is 3.38. The predicted molar refractivity (Wildman–Crippen MR) is 102 cm³/mol. The summed E-state index contributed by atoms with van der Waals surface area (Å²) in [6.45, 7) is 4.04. The van der Waals surface area contributed by atoms with E-state index in [9.17, 15) is 4.79 Å². The van der Waals surface area contributed by atoms with E-state index in [0.717, 1.165) is 24.9 Å². The summed E-state index contributed by atoms with van der Waals surface area (Å²) in [6.07, 6.45) is 1.61. The van der Waals surface area contributed by atoms with E-state index in [1.54, 1.807) is 0 Å². The third-order valence-electron chi connectivity index (χ3n) is 4.85. The second-order valence-electron chi connectivity index (χ2n) is 7.00. The molecule has 0 saturated carbocycles. The van der Waals surface area contributed by atoms with Gasteiger partial charge in [0.15, 0.2) is 0 Å². The zero-order chi connectivity index (χ0) is 18.4. The van der Waals surface area contributed by atoms with Crippen LogP contribution in [-0.2, 0) is 22.8 Å². The van der Waals surface area contributed by atoms with Crippen molar-refractivity contribution in [2.45, 2.75) is 45.0 Å². The smallest absolute Gasteiger partial charge is 0.234 e. The lowest BCUT2D eigenvalue weighted by Gasteiger charge is -2.38. The standard InChI is InChI=1S/C21H27N3O2/c1-16-7-9-17(10-8-16)13-24-14-19(11-12-20(24)21(22)25)23-26-15-18-5-3-2-4-6-18/h2-10,19-20,23H,11-15H2,1H3,(H2,22,25)/t19-,20+/m1/s1. The zero-order valence-electron chi connectivity index (χ0n) is 15.2. The summed E-state index contributed by atoms with van der Waals surface area (Å²) in [5.41, 5.74) is 12.3. The molecule has 5 nitrogen and oxygen atoms in total. The number of hydrogen-bond acceptors (Lipinski definition) is 4. The lowest BCUT2D eigenvalue weighted by Crippen LogP contribution is -2.54. The highest BCUT2D eigenvalue weighted by Crippen LogP contribution is 2.20. The van der Waals surface area contributed by atoms with Crippen molar-refractivity contribution < 1.29 is 9.63 Å². The van der Waals surface area contributed by atoms with Crippen molar-refractivity contribution >= 4 is 5.91 Å². The van der Waals surface area contributed by atoms with Gasteiger partial charge in [0.25, 0.3) is 0 Å². The summed E-state index contributed by atoms with van der Waals surface area (Å²) in [6, 6.07) is 18.4. The molecule has 0 aromatic heterocycles. The third kappa shape index (κ3) is 5.14. The number of nitrogens with one attached hydrogen (secondary N) is 1. The lowest BCUT2D eigenvalue weighted by molar-refractivity contribution is -0.126. The molecule has 2 aromatic carbocycles. The maximum absolute atomic E-state index is 11.8. The van der Waals surface area contributed by atoms with Crippen molar-refractivity contribution in [3.8, 4) is 0 Å². The molecule has 1 aliphatic heterocycles. The van der Waals surface area contributed by atoms with Crippen LogP contribution < -0.4 is 11.2 Å². The molecule has 0 spiro atoms. The number of hydroxylamine groups is 1. The van der Waals surface area contributed by atoms with Crippen molar-refractivity contribution in [1.82, 2.24) is 10.4 Å². The van der Waals surface area contributed by atoms with Gasteiger partial charge in [-0.25, -0.2) is 0 Å². The monoisotopic (exact) mass is 353 g/mol. The average molecular weight is 353 g/mol. The molecule has 0 unspecified atom stereocenters. The Balaban J connectivity index is 1.56. The Bertz CT molecular complexity index is 703. The van der Waals surface area contributed by atoms with E-state index in [0.29, 0.717) is 13.2 Å². The van der Waals surface area contributed by atoms with Crippen molar-refractivity contribution in [3.05, 3.63) is 71.3 Å². The Hall–Kier alpha value is -2.21. The van der Waals surface area contributed by atoms with Gasteiger partial charge in [-0.2, -0.15) is 5.48 Å². The molecule has 1 aliphatic rings. The summed E-state index contributed by atoms with van der Waals surface area (Å²) >= 11 is 0. The Kier molecular flexibility index (Phi) is 6.39. The van der Waals surface area contributed by atoms with Crippen LogP contribution in [0.3, 0.4) is 0 Å². The maximum Gasteiger partial charge on any atom is 0.234 e. The molecule has 5 heteroatoms. The molecule has 3 rings (SSSR count). The lowest BCUT2D eigenvalue weighted by atomic mass is 9.97. The molecule has 1 fully saturated rings. The van der Waals surface area contributed by atoms with E-state index in [4.69, 9.17) is 10.6 Å². The predicted octanol–water partition coefficient (Wildman–Crippen LogP) is 2.53. The van der Waals surface area contributed by atoms with E-state index < -0.39 is 0 Å². The Labute approximate surface area is 155 Å². The number of amides is 1. The van der Waals surface area contributed by atoms with Gasteiger partial charge in [0.1, 0.15) is 0 Å². The highest BCUT2D eigenvalue weighted by atomic mass is 16.6. The number of primary amides is 1. The Morgan fingerprint density at radius 2 is 1.85 bits per heavy atom. The molecule has 1 heterocycles. The first-order chi connectivity index (χ1) is 12.6. The van der Waals surface area contributed by atoms with E-state index in [2.05, 4.69) is 41.6 Å². The normalized spacial score (nSPS) is 20.8. The number of likely N-dealkylation sites (tertiary alicyclic amines) is 1. The number of nitrogens with two attached hydrogens (primary N) is 1. The first kappa shape index (κ1) is 18.6. The summed E-state index contributed by atoms with van der Waals surface area (Å²) in [5.74, 6) is -0.249. The van der Waals surface area contributed by atoms with Gasteiger partial charge in [0.2, 0.25) is 5.91 Å². The average Bonchev–Trinajstić information content (AvgIpc) is 2.64. The quantitative estimate of drug-likeness (QED) is 0.751. The van der Waals surface area contributed by atoms with Gasteiger partial charge in [-0.05, 0) is 30.9 Å². The molecule has 138 valence electrons. The van der Waals surface area contributed by atoms with Gasteiger partial charge in [0.05, 0.1) is 12.6 Å². The van der Waals surface area contributed by atoms with Crippen LogP contribution in [0.1, 0.15) is 29.5 Å². The maximum atomic E-state index is 11.8. The first-order valence-electron chi connectivity index (χ1n) is 9.12. The van der Waals surface area contributed by atoms with Crippen molar-refractivity contribution in [2.75, 3.05) is 6.54 Å². The van der Waals surface area contributed by atoms with Crippen LogP contribution in [0.4, 0.5) is 0 Å². The van der Waals surface area contributed by atoms with E-state index in [1.807, 2.05) is 30.3 Å². The van der Waals surface area contributed by atoms with Crippen LogP contribution in [0.2, 0.25) is 0 Å². The molecule has 26 heavy (non-hydrogen) atoms. The van der Waals surface area contributed by atoms with Crippen LogP contribution >= 0.6 is 0 Å². The SMILES string of the molecule is Cc1ccc(CN2C[C@H](NOCc3ccccc3)CC[C@H]2C(N)=O)cc1. The highest BCUT2D eigenvalue weighted by Gasteiger charge is 2.31. The molecular weight excluding hydrogens is 326 g/mol. The highest BCUT2D eigenvalue weighted by molar-refractivity contribution is 5.80. The molecular formula is C21H27N3O2. The van der Waals surface area contributed by atoms with E-state index in [-0.39, 0.29) is 18.0 Å². The van der Waals surface area contributed by atoms with Crippen LogP contribution in [0.5, 0.6) is 0 Å². The van der Waals surface area contributed by atoms with Crippen molar-refractivity contribution in [3.63, 3.8) is 0 Å². The Morgan fingerprint density at radius 1 is 1.12 bits per heavy atom. The molecule has 2 atom stereocenters. The van der Waals surface area contributed by atoms with Gasteiger partial charge >= 0.3 is 0 Å². The largest absolute Gasteiger partial charge is 0.368 e. The number of hydrogen-bond donors (Lipinski definition) is 2. The summed E-state index contributed by atoms with van der Waals surface area (Å²) in [4.78, 5) is 19.7. The number of piperidine rings is 1. The zero-order valence-corrected chi connectivity index (χ0v) is 15.2. The van der Waals surface area contributed by atoms with Gasteiger partial charge in [-0.15, -0.1) is 0 Å². The van der Waals surface area contributed by atoms with Crippen LogP contribution in [0.25, 0.3) is 0 Å². The van der Waals surface area contributed by atoms with Crippen LogP contribution in [-0.4, -0.2) is 29.4 Å². The summed E-state index contributed by atoms with van der Waals surface area (Å²) in [5, 5.41) is 0. The molecule has 0 aliphatic carbocycles. The number of aryl methyl sites for hydroxylation is 1. The number of carbonyl (C=O) groups excluding carboxylic acids is 1. The van der Waals surface area contributed by atoms with Gasteiger partial charge in [-0.1, -0.05) is 60.2 Å². The molecule has 0 bridgehead atoms. The molecule has 2 aromatic rings. The third-order valence-corrected chi connectivity index (χ3v) is 4.85. The molecule has 0 radical (unpaired) electrons. The van der Waals surface area contributed by atoms with Crippen LogP contribution in [0.15, 0.2) is 54.6 Å². The topological polar surface area (TPSA) is 67.6 Å². The molecule has 3 N–H and O–H groups in total. The second kappa shape index (κ2) is 8.94. The minimum atomic E-state index is -0.249. The number of carbonyl (C=O) groups is 1. The van der Waals surface area contributed by atoms with Crippen LogP contribution in [0, 0.1) is 6.92 Å². The van der Waals surface area contributed by atoms with Gasteiger partial charge < -0.3 is 5.73 Å². The number of benzene rings is 2. The molecule has 1 amide bonds. The fraction of sp³-hybridized carbons (Fsp3) is 0.381. The summed E-state index contributed by atoms with van der Waals surface area (Å²) < 4.78 is 0. The van der Waals surface area contributed by atoms with E-state index >= 15 is 0 Å². The van der Waals surface area contributed by atoms with E-state index in [1.165, 1.54) is 11.1 Å². The van der Waals surface area contributed by atoms with Crippen molar-refractivity contribution in [1.29, 1.82) is 0 Å². The number of rotatable bonds is 7. The first-order valence-corrected chi connectivity index (χ1v) is 9.12. The van der Waals surface area contributed by atoms with Gasteiger partial charge in [-0.3, -0.25) is 14.5 Å². The van der Waals surface area contributed by atoms with Crippen molar-refractivity contribution in [2.24, 2.45) is 5.73 Å². The van der Waals surface area contributed by atoms with Gasteiger partial charge in [0, 0.05) is 19.1 Å². The Morgan fingerprint density at radius 3 is 2.54 bits per heavy atom. The minimum absolute atomic E-state index is 0.180. The second-order valence-corrected chi connectivity index (χ2v) is 7.00. The fourth-order valence-corrected chi connectivity index (χ4v) is 3.38. The minimum Gasteiger partial charge on any atom is -0.368 e.